The summed E-state index contributed by atoms with van der Waals surface area (Å²) in [5, 5.41) is 16.9. The zero-order valence-corrected chi connectivity index (χ0v) is 15.6. The van der Waals surface area contributed by atoms with Crippen LogP contribution in [0.25, 0.3) is 5.95 Å². The van der Waals surface area contributed by atoms with E-state index in [0.717, 1.165) is 28.3 Å². The number of aliphatic hydroxyl groups excluding tert-OH is 1. The van der Waals surface area contributed by atoms with Crippen LogP contribution in [-0.2, 0) is 11.2 Å². The summed E-state index contributed by atoms with van der Waals surface area (Å²) >= 11 is 0. The second kappa shape index (κ2) is 8.20. The van der Waals surface area contributed by atoms with Gasteiger partial charge in [0.05, 0.1) is 18.2 Å². The van der Waals surface area contributed by atoms with Crippen molar-refractivity contribution in [3.05, 3.63) is 34.4 Å². The maximum Gasteiger partial charge on any atom is 0.251 e. The average molecular weight is 345 g/mol. The van der Waals surface area contributed by atoms with Gasteiger partial charge in [0.1, 0.15) is 0 Å². The van der Waals surface area contributed by atoms with Crippen LogP contribution in [0, 0.1) is 27.7 Å². The largest absolute Gasteiger partial charge is 0.393 e. The third-order valence-electron chi connectivity index (χ3n) is 4.21. The van der Waals surface area contributed by atoms with Crippen molar-refractivity contribution in [2.75, 3.05) is 6.54 Å². The Bertz CT molecular complexity index is 734. The molecule has 136 valence electrons. The zero-order chi connectivity index (χ0) is 18.6. The van der Waals surface area contributed by atoms with Gasteiger partial charge >= 0.3 is 0 Å². The molecule has 0 aliphatic heterocycles. The first-order valence-corrected chi connectivity index (χ1v) is 8.64. The van der Waals surface area contributed by atoms with Crippen molar-refractivity contribution < 1.29 is 9.90 Å². The molecule has 0 unspecified atom stereocenters. The Kier molecular flexibility index (Phi) is 6.25. The van der Waals surface area contributed by atoms with Gasteiger partial charge in [-0.3, -0.25) is 4.79 Å². The van der Waals surface area contributed by atoms with Crippen LogP contribution in [0.4, 0.5) is 0 Å². The second-order valence-corrected chi connectivity index (χ2v) is 6.39. The molecule has 7 nitrogen and oxygen atoms in total. The van der Waals surface area contributed by atoms with E-state index >= 15 is 0 Å². The zero-order valence-electron chi connectivity index (χ0n) is 15.6. The molecule has 2 aromatic rings. The number of carbonyl (C=O) groups is 1. The van der Waals surface area contributed by atoms with E-state index in [9.17, 15) is 9.90 Å². The normalized spacial score (nSPS) is 12.2. The lowest BCUT2D eigenvalue weighted by molar-refractivity contribution is -0.120. The number of amides is 1. The van der Waals surface area contributed by atoms with Gasteiger partial charge < -0.3 is 10.4 Å². The van der Waals surface area contributed by atoms with Crippen molar-refractivity contribution in [3.63, 3.8) is 0 Å². The minimum atomic E-state index is -0.367. The number of aromatic nitrogens is 4. The lowest BCUT2D eigenvalue weighted by Gasteiger charge is -2.09. The molecule has 1 amide bonds. The van der Waals surface area contributed by atoms with Gasteiger partial charge in [-0.05, 0) is 46.6 Å². The molecule has 2 aromatic heterocycles. The summed E-state index contributed by atoms with van der Waals surface area (Å²) in [6.45, 7) is 10.0. The van der Waals surface area contributed by atoms with Crippen molar-refractivity contribution in [2.45, 2.75) is 60.0 Å². The van der Waals surface area contributed by atoms with Crippen molar-refractivity contribution in [1.29, 1.82) is 0 Å². The minimum absolute atomic E-state index is 0.0737. The van der Waals surface area contributed by atoms with Gasteiger partial charge in [0, 0.05) is 29.2 Å². The van der Waals surface area contributed by atoms with Crippen LogP contribution >= 0.6 is 0 Å². The molecule has 0 bridgehead atoms. The summed E-state index contributed by atoms with van der Waals surface area (Å²) < 4.78 is 1.69. The molecule has 0 fully saturated rings. The van der Waals surface area contributed by atoms with Gasteiger partial charge in [0.15, 0.2) is 0 Å². The second-order valence-electron chi connectivity index (χ2n) is 6.39. The van der Waals surface area contributed by atoms with E-state index in [1.807, 2.05) is 40.7 Å². The molecule has 0 spiro atoms. The molecule has 1 atom stereocenters. The predicted molar refractivity (Wildman–Crippen MR) is 95.7 cm³/mol. The fraction of sp³-hybridized carbons (Fsp3) is 0.556. The molecule has 7 heteroatoms. The molecule has 0 aliphatic carbocycles. The first-order chi connectivity index (χ1) is 11.8. The van der Waals surface area contributed by atoms with Crippen LogP contribution in [0.15, 0.2) is 6.07 Å². The van der Waals surface area contributed by atoms with Gasteiger partial charge in [-0.2, -0.15) is 5.10 Å². The van der Waals surface area contributed by atoms with Crippen molar-refractivity contribution >= 4 is 5.91 Å². The molecule has 2 rings (SSSR count). The van der Waals surface area contributed by atoms with Gasteiger partial charge in [0.2, 0.25) is 5.91 Å². The van der Waals surface area contributed by atoms with Crippen LogP contribution in [0.5, 0.6) is 0 Å². The average Bonchev–Trinajstić information content (AvgIpc) is 2.82. The monoisotopic (exact) mass is 345 g/mol. The molecular weight excluding hydrogens is 318 g/mol. The summed E-state index contributed by atoms with van der Waals surface area (Å²) in [5.41, 5.74) is 4.30. The van der Waals surface area contributed by atoms with Gasteiger partial charge in [-0.15, -0.1) is 0 Å². The van der Waals surface area contributed by atoms with E-state index in [-0.39, 0.29) is 18.4 Å². The number of nitrogens with one attached hydrogen (secondary N) is 1. The van der Waals surface area contributed by atoms with Crippen LogP contribution in [0.1, 0.15) is 48.1 Å². The maximum absolute atomic E-state index is 12.2. The highest BCUT2D eigenvalue weighted by molar-refractivity contribution is 5.79. The summed E-state index contributed by atoms with van der Waals surface area (Å²) in [7, 11) is 0. The molecule has 0 aliphatic rings. The molecule has 2 heterocycles. The number of aryl methyl sites for hydroxylation is 3. The predicted octanol–water partition coefficient (Wildman–Crippen LogP) is 1.72. The minimum Gasteiger partial charge on any atom is -0.393 e. The lowest BCUT2D eigenvalue weighted by Crippen LogP contribution is -2.28. The molecule has 25 heavy (non-hydrogen) atoms. The van der Waals surface area contributed by atoms with Crippen molar-refractivity contribution in [2.24, 2.45) is 0 Å². The number of hydrogen-bond donors (Lipinski definition) is 2. The fourth-order valence-electron chi connectivity index (χ4n) is 2.73. The Morgan fingerprint density at radius 1 is 1.24 bits per heavy atom. The van der Waals surface area contributed by atoms with E-state index in [2.05, 4.69) is 20.4 Å². The first-order valence-electron chi connectivity index (χ1n) is 8.64. The topological polar surface area (TPSA) is 92.9 Å². The van der Waals surface area contributed by atoms with E-state index in [1.54, 1.807) is 4.68 Å². The fourth-order valence-corrected chi connectivity index (χ4v) is 2.73. The summed E-state index contributed by atoms with van der Waals surface area (Å²) in [4.78, 5) is 21.1. The molecule has 0 saturated carbocycles. The van der Waals surface area contributed by atoms with E-state index in [4.69, 9.17) is 0 Å². The summed E-state index contributed by atoms with van der Waals surface area (Å²) in [6, 6.07) is 1.91. The van der Waals surface area contributed by atoms with Crippen LogP contribution < -0.4 is 5.32 Å². The Morgan fingerprint density at radius 3 is 2.48 bits per heavy atom. The molecule has 0 radical (unpaired) electrons. The molecule has 2 N–H and O–H groups in total. The Hall–Kier alpha value is -2.28. The number of carbonyl (C=O) groups excluding carboxylic acids is 1. The van der Waals surface area contributed by atoms with Crippen molar-refractivity contribution in [3.8, 4) is 5.95 Å². The van der Waals surface area contributed by atoms with Gasteiger partial charge in [-0.25, -0.2) is 14.6 Å². The van der Waals surface area contributed by atoms with E-state index < -0.39 is 0 Å². The van der Waals surface area contributed by atoms with Crippen LogP contribution in [-0.4, -0.2) is 43.4 Å². The summed E-state index contributed by atoms with van der Waals surface area (Å²) in [5.74, 6) is 0.450. The summed E-state index contributed by atoms with van der Waals surface area (Å²) in [6.07, 6.45) is 1.14. The van der Waals surface area contributed by atoms with Crippen LogP contribution in [0.2, 0.25) is 0 Å². The lowest BCUT2D eigenvalue weighted by atomic mass is 10.1. The first kappa shape index (κ1) is 19.1. The maximum atomic E-state index is 12.2. The SMILES string of the molecule is CC[C@@H](O)CCNC(=O)Cc1c(C)nn(-c2nc(C)cc(C)n2)c1C. The van der Waals surface area contributed by atoms with Gasteiger partial charge in [0.25, 0.3) is 5.95 Å². The number of aliphatic hydroxyl groups is 1. The quantitative estimate of drug-likeness (QED) is 0.797. The number of hydrogen-bond acceptors (Lipinski definition) is 5. The smallest absolute Gasteiger partial charge is 0.251 e. The number of rotatable bonds is 7. The molecule has 0 saturated heterocycles. The number of nitrogens with zero attached hydrogens (tertiary/aromatic N) is 4. The van der Waals surface area contributed by atoms with Gasteiger partial charge in [-0.1, -0.05) is 6.92 Å². The Labute approximate surface area is 148 Å². The third-order valence-corrected chi connectivity index (χ3v) is 4.21. The third kappa shape index (κ3) is 4.85. The van der Waals surface area contributed by atoms with E-state index in [1.165, 1.54) is 0 Å². The highest BCUT2D eigenvalue weighted by Crippen LogP contribution is 2.17. The van der Waals surface area contributed by atoms with E-state index in [0.29, 0.717) is 25.3 Å². The highest BCUT2D eigenvalue weighted by atomic mass is 16.3. The van der Waals surface area contributed by atoms with Crippen LogP contribution in [0.3, 0.4) is 0 Å². The highest BCUT2D eigenvalue weighted by Gasteiger charge is 2.17. The molecule has 0 aromatic carbocycles. The standard InChI is InChI=1S/C18H27N5O2/c1-6-15(24)7-8-19-17(25)10-16-13(4)22-23(14(16)5)18-20-11(2)9-12(3)21-18/h9,15,24H,6-8,10H2,1-5H3,(H,19,25)/t15-/m1/s1. The molecular formula is C18H27N5O2. The Morgan fingerprint density at radius 2 is 1.88 bits per heavy atom. The Balaban J connectivity index is 2.12. The van der Waals surface area contributed by atoms with Crippen molar-refractivity contribution in [1.82, 2.24) is 25.1 Å².